The standard InChI is InChI=1S/C22H22N2O3/c1-15-11-16(2)13-17(12-15)24-21(25)19-6-4-3-5-18(19)20(22(24)26)14-23-7-9-27-10-8-23/h3-6,11-14H,7-10H2,1-2H3. The molecule has 5 heteroatoms. The van der Waals surface area contributed by atoms with Gasteiger partial charge in [-0.05, 0) is 43.2 Å². The number of hydrogen-bond donors (Lipinski definition) is 0. The average Bonchev–Trinajstić information content (AvgIpc) is 2.65. The van der Waals surface area contributed by atoms with Crippen molar-refractivity contribution in [3.63, 3.8) is 0 Å². The molecule has 1 fully saturated rings. The number of carbonyl (C=O) groups is 2. The molecule has 0 radical (unpaired) electrons. The topological polar surface area (TPSA) is 49.9 Å². The summed E-state index contributed by atoms with van der Waals surface area (Å²) < 4.78 is 5.40. The zero-order valence-electron chi connectivity index (χ0n) is 15.6. The Kier molecular flexibility index (Phi) is 4.54. The maximum absolute atomic E-state index is 13.4. The minimum Gasteiger partial charge on any atom is -0.378 e. The van der Waals surface area contributed by atoms with Crippen molar-refractivity contribution in [3.8, 4) is 0 Å². The fraction of sp³-hybridized carbons (Fsp3) is 0.273. The quantitative estimate of drug-likeness (QED) is 0.608. The van der Waals surface area contributed by atoms with Crippen molar-refractivity contribution in [2.75, 3.05) is 31.2 Å². The second-order valence-corrected chi connectivity index (χ2v) is 7.03. The molecule has 0 unspecified atom stereocenters. The van der Waals surface area contributed by atoms with Crippen molar-refractivity contribution in [3.05, 3.63) is 70.9 Å². The number of amides is 2. The van der Waals surface area contributed by atoms with E-state index in [1.54, 1.807) is 6.07 Å². The monoisotopic (exact) mass is 362 g/mol. The van der Waals surface area contributed by atoms with Crippen LogP contribution in [0.3, 0.4) is 0 Å². The summed E-state index contributed by atoms with van der Waals surface area (Å²) in [5.41, 5.74) is 4.44. The lowest BCUT2D eigenvalue weighted by molar-refractivity contribution is -0.112. The highest BCUT2D eigenvalue weighted by atomic mass is 16.5. The first kappa shape index (κ1) is 17.5. The van der Waals surface area contributed by atoms with Gasteiger partial charge in [-0.1, -0.05) is 24.3 Å². The van der Waals surface area contributed by atoms with Crippen LogP contribution in [0.4, 0.5) is 5.69 Å². The molecule has 2 aromatic rings. The number of carbonyl (C=O) groups excluding carboxylic acids is 2. The number of benzene rings is 2. The zero-order chi connectivity index (χ0) is 19.0. The number of anilines is 1. The van der Waals surface area contributed by atoms with Crippen LogP contribution in [0.25, 0.3) is 5.57 Å². The third kappa shape index (κ3) is 3.26. The molecule has 2 amide bonds. The molecule has 2 aliphatic rings. The van der Waals surface area contributed by atoms with E-state index in [0.29, 0.717) is 35.6 Å². The van der Waals surface area contributed by atoms with Crippen molar-refractivity contribution in [1.82, 2.24) is 4.90 Å². The molecular formula is C22H22N2O3. The van der Waals surface area contributed by atoms with Crippen LogP contribution in [0.1, 0.15) is 27.0 Å². The van der Waals surface area contributed by atoms with Gasteiger partial charge < -0.3 is 9.64 Å². The fourth-order valence-corrected chi connectivity index (χ4v) is 3.68. The first-order valence-corrected chi connectivity index (χ1v) is 9.15. The van der Waals surface area contributed by atoms with Gasteiger partial charge in [0.05, 0.1) is 24.5 Å². The van der Waals surface area contributed by atoms with E-state index in [1.807, 2.05) is 56.4 Å². The van der Waals surface area contributed by atoms with E-state index in [4.69, 9.17) is 4.74 Å². The first-order valence-electron chi connectivity index (χ1n) is 9.15. The molecule has 4 rings (SSSR count). The number of fused-ring (bicyclic) bond motifs is 1. The molecule has 0 aromatic heterocycles. The molecule has 0 spiro atoms. The van der Waals surface area contributed by atoms with Crippen molar-refractivity contribution < 1.29 is 14.3 Å². The van der Waals surface area contributed by atoms with Crippen LogP contribution in [0.5, 0.6) is 0 Å². The predicted octanol–water partition coefficient (Wildman–Crippen LogP) is 3.16. The van der Waals surface area contributed by atoms with E-state index < -0.39 is 0 Å². The molecule has 0 aliphatic carbocycles. The molecule has 0 bridgehead atoms. The maximum Gasteiger partial charge on any atom is 0.267 e. The van der Waals surface area contributed by atoms with Gasteiger partial charge in [0.25, 0.3) is 11.8 Å². The van der Waals surface area contributed by atoms with E-state index in [-0.39, 0.29) is 11.8 Å². The van der Waals surface area contributed by atoms with Crippen LogP contribution in [0, 0.1) is 13.8 Å². The van der Waals surface area contributed by atoms with E-state index in [9.17, 15) is 9.59 Å². The molecule has 0 saturated carbocycles. The van der Waals surface area contributed by atoms with Crippen molar-refractivity contribution >= 4 is 23.1 Å². The van der Waals surface area contributed by atoms with Gasteiger partial charge in [-0.2, -0.15) is 0 Å². The highest BCUT2D eigenvalue weighted by Crippen LogP contribution is 2.33. The highest BCUT2D eigenvalue weighted by molar-refractivity contribution is 6.41. The van der Waals surface area contributed by atoms with E-state index in [0.717, 1.165) is 24.2 Å². The third-order valence-corrected chi connectivity index (χ3v) is 4.91. The van der Waals surface area contributed by atoms with Crippen LogP contribution >= 0.6 is 0 Å². The summed E-state index contributed by atoms with van der Waals surface area (Å²) in [6.07, 6.45) is 1.88. The molecule has 2 aromatic carbocycles. The van der Waals surface area contributed by atoms with Gasteiger partial charge in [-0.25, -0.2) is 4.90 Å². The number of rotatable bonds is 2. The fourth-order valence-electron chi connectivity index (χ4n) is 3.68. The normalized spacial score (nSPS) is 18.8. The Morgan fingerprint density at radius 1 is 0.889 bits per heavy atom. The van der Waals surface area contributed by atoms with Gasteiger partial charge in [0, 0.05) is 30.4 Å². The number of aryl methyl sites for hydroxylation is 2. The van der Waals surface area contributed by atoms with E-state index in [2.05, 4.69) is 4.90 Å². The Labute approximate surface area is 158 Å². The summed E-state index contributed by atoms with van der Waals surface area (Å²) in [6, 6.07) is 13.1. The first-order chi connectivity index (χ1) is 13.0. The average molecular weight is 362 g/mol. The predicted molar refractivity (Wildman–Crippen MR) is 105 cm³/mol. The molecule has 138 valence electrons. The second kappa shape index (κ2) is 7.00. The molecule has 2 aliphatic heterocycles. The van der Waals surface area contributed by atoms with Crippen molar-refractivity contribution in [2.24, 2.45) is 0 Å². The number of ether oxygens (including phenoxy) is 1. The van der Waals surface area contributed by atoms with Crippen molar-refractivity contribution in [2.45, 2.75) is 13.8 Å². The molecule has 0 atom stereocenters. The SMILES string of the molecule is Cc1cc(C)cc(N2C(=O)C(=CN3CCOCC3)c3ccccc3C2=O)c1. The van der Waals surface area contributed by atoms with Gasteiger partial charge in [0.1, 0.15) is 0 Å². The molecular weight excluding hydrogens is 340 g/mol. The molecule has 1 saturated heterocycles. The summed E-state index contributed by atoms with van der Waals surface area (Å²) in [6.45, 7) is 6.67. The van der Waals surface area contributed by atoms with Gasteiger partial charge in [0.2, 0.25) is 0 Å². The van der Waals surface area contributed by atoms with Crippen LogP contribution in [-0.2, 0) is 9.53 Å². The van der Waals surface area contributed by atoms with Crippen LogP contribution in [0.2, 0.25) is 0 Å². The molecule has 2 heterocycles. The summed E-state index contributed by atoms with van der Waals surface area (Å²) in [5, 5.41) is 0. The number of hydrogen-bond acceptors (Lipinski definition) is 4. The highest BCUT2D eigenvalue weighted by Gasteiger charge is 2.36. The lowest BCUT2D eigenvalue weighted by Gasteiger charge is -2.31. The molecule has 0 N–H and O–H groups in total. The second-order valence-electron chi connectivity index (χ2n) is 7.03. The largest absolute Gasteiger partial charge is 0.378 e. The Hall–Kier alpha value is -2.92. The van der Waals surface area contributed by atoms with Gasteiger partial charge >= 0.3 is 0 Å². The van der Waals surface area contributed by atoms with Crippen molar-refractivity contribution in [1.29, 1.82) is 0 Å². The van der Waals surface area contributed by atoms with E-state index >= 15 is 0 Å². The Morgan fingerprint density at radius 3 is 2.19 bits per heavy atom. The zero-order valence-corrected chi connectivity index (χ0v) is 15.6. The number of morpholine rings is 1. The maximum atomic E-state index is 13.4. The minimum absolute atomic E-state index is 0.278. The van der Waals surface area contributed by atoms with Gasteiger partial charge in [0.15, 0.2) is 0 Å². The summed E-state index contributed by atoms with van der Waals surface area (Å²) in [7, 11) is 0. The number of imide groups is 1. The summed E-state index contributed by atoms with van der Waals surface area (Å²) >= 11 is 0. The van der Waals surface area contributed by atoms with Crippen LogP contribution < -0.4 is 4.90 Å². The van der Waals surface area contributed by atoms with Crippen LogP contribution in [0.15, 0.2) is 48.7 Å². The number of nitrogens with zero attached hydrogens (tertiary/aromatic N) is 2. The lowest BCUT2D eigenvalue weighted by atomic mass is 9.93. The minimum atomic E-state index is -0.282. The van der Waals surface area contributed by atoms with Gasteiger partial charge in [-0.15, -0.1) is 0 Å². The lowest BCUT2D eigenvalue weighted by Crippen LogP contribution is -2.43. The third-order valence-electron chi connectivity index (χ3n) is 4.91. The Bertz CT molecular complexity index is 922. The summed E-state index contributed by atoms with van der Waals surface area (Å²) in [4.78, 5) is 29.9. The Balaban J connectivity index is 1.84. The molecule has 27 heavy (non-hydrogen) atoms. The molecule has 5 nitrogen and oxygen atoms in total. The van der Waals surface area contributed by atoms with Crippen LogP contribution in [-0.4, -0.2) is 43.0 Å². The van der Waals surface area contributed by atoms with E-state index in [1.165, 1.54) is 4.90 Å². The summed E-state index contributed by atoms with van der Waals surface area (Å²) in [5.74, 6) is -0.560. The Morgan fingerprint density at radius 2 is 1.52 bits per heavy atom. The van der Waals surface area contributed by atoms with Gasteiger partial charge in [-0.3, -0.25) is 9.59 Å². The smallest absolute Gasteiger partial charge is 0.267 e.